The molecule has 3 N–H and O–H groups in total. The number of anilines is 1. The van der Waals surface area contributed by atoms with Crippen LogP contribution >= 0.6 is 0 Å². The van der Waals surface area contributed by atoms with Crippen LogP contribution in [0.2, 0.25) is 0 Å². The Hall–Kier alpha value is -3.75. The van der Waals surface area contributed by atoms with Crippen molar-refractivity contribution in [2.75, 3.05) is 19.0 Å². The highest BCUT2D eigenvalue weighted by molar-refractivity contribution is 5.99. The Morgan fingerprint density at radius 1 is 1.08 bits per heavy atom. The molecule has 2 unspecified atom stereocenters. The predicted octanol–water partition coefficient (Wildman–Crippen LogP) is 4.54. The minimum atomic E-state index is -1.15. The van der Waals surface area contributed by atoms with Gasteiger partial charge in [0, 0.05) is 17.8 Å². The van der Waals surface area contributed by atoms with Gasteiger partial charge >= 0.3 is 6.09 Å². The number of nitrogens with zero attached hydrogens (tertiary/aromatic N) is 1. The van der Waals surface area contributed by atoms with E-state index in [1.165, 1.54) is 11.8 Å². The van der Waals surface area contributed by atoms with Gasteiger partial charge in [0.2, 0.25) is 5.91 Å². The van der Waals surface area contributed by atoms with Crippen LogP contribution in [-0.2, 0) is 14.3 Å². The van der Waals surface area contributed by atoms with Crippen LogP contribution in [0, 0.1) is 6.92 Å². The topological polar surface area (TPSA) is 117 Å². The molecule has 0 aliphatic heterocycles. The molecule has 2 rings (SSSR count). The molecule has 0 saturated heterocycles. The van der Waals surface area contributed by atoms with E-state index >= 15 is 0 Å². The molecule has 0 heterocycles. The molecule has 0 bridgehead atoms. The summed E-state index contributed by atoms with van der Waals surface area (Å²) in [4.78, 5) is 40.8. The average Bonchev–Trinajstić information content (AvgIpc) is 2.80. The number of carbonyl (C=O) groups is 3. The number of methoxy groups -OCH3 is 1. The molecule has 0 aromatic heterocycles. The molecule has 2 aromatic carbocycles. The second-order valence-corrected chi connectivity index (χ2v) is 9.53. The molecule has 9 heteroatoms. The average molecular weight is 500 g/mol. The zero-order chi connectivity index (χ0) is 27.0. The van der Waals surface area contributed by atoms with Crippen molar-refractivity contribution in [2.45, 2.75) is 65.6 Å². The number of phenols is 1. The molecule has 0 spiro atoms. The first-order chi connectivity index (χ1) is 16.9. The van der Waals surface area contributed by atoms with Gasteiger partial charge in [-0.1, -0.05) is 25.1 Å². The quantitative estimate of drug-likeness (QED) is 0.466. The molecule has 2 atom stereocenters. The maximum absolute atomic E-state index is 13.6. The number of benzene rings is 2. The van der Waals surface area contributed by atoms with Gasteiger partial charge in [-0.2, -0.15) is 0 Å². The number of hydrogen-bond donors (Lipinski definition) is 3. The molecule has 36 heavy (non-hydrogen) atoms. The molecule has 0 fully saturated rings. The molecule has 0 saturated carbocycles. The van der Waals surface area contributed by atoms with Gasteiger partial charge in [0.1, 0.15) is 29.2 Å². The first-order valence-corrected chi connectivity index (χ1v) is 11.9. The smallest absolute Gasteiger partial charge is 0.408 e. The summed E-state index contributed by atoms with van der Waals surface area (Å²) < 4.78 is 10.4. The van der Waals surface area contributed by atoms with Crippen LogP contribution in [-0.4, -0.2) is 53.2 Å². The number of carbonyl (C=O) groups excluding carboxylic acids is 3. The fraction of sp³-hybridized carbons (Fsp3) is 0.444. The van der Waals surface area contributed by atoms with Crippen molar-refractivity contribution in [3.8, 4) is 11.5 Å². The van der Waals surface area contributed by atoms with Crippen molar-refractivity contribution in [2.24, 2.45) is 0 Å². The maximum atomic E-state index is 13.6. The van der Waals surface area contributed by atoms with Gasteiger partial charge in [-0.05, 0) is 70.9 Å². The lowest BCUT2D eigenvalue weighted by atomic mass is 9.99. The number of ether oxygens (including phenoxy) is 2. The van der Waals surface area contributed by atoms with Crippen LogP contribution in [0.4, 0.5) is 10.5 Å². The number of rotatable bonds is 9. The normalized spacial score (nSPS) is 12.8. The minimum absolute atomic E-state index is 0.0750. The summed E-state index contributed by atoms with van der Waals surface area (Å²) in [6, 6.07) is 9.70. The Morgan fingerprint density at radius 2 is 1.72 bits per heavy atom. The van der Waals surface area contributed by atoms with Crippen molar-refractivity contribution < 1.29 is 29.0 Å². The molecule has 0 aliphatic carbocycles. The van der Waals surface area contributed by atoms with E-state index in [0.717, 1.165) is 0 Å². The van der Waals surface area contributed by atoms with E-state index in [9.17, 15) is 19.5 Å². The molecule has 196 valence electrons. The lowest BCUT2D eigenvalue weighted by Crippen LogP contribution is -2.51. The zero-order valence-corrected chi connectivity index (χ0v) is 22.0. The van der Waals surface area contributed by atoms with Crippen molar-refractivity contribution in [1.29, 1.82) is 0 Å². The first kappa shape index (κ1) is 28.5. The van der Waals surface area contributed by atoms with Gasteiger partial charge in [-0.15, -0.1) is 0 Å². The number of nitrogens with one attached hydrogen (secondary N) is 2. The fourth-order valence-electron chi connectivity index (χ4n) is 3.64. The lowest BCUT2D eigenvalue weighted by molar-refractivity contribution is -0.140. The zero-order valence-electron chi connectivity index (χ0n) is 22.0. The monoisotopic (exact) mass is 499 g/mol. The summed E-state index contributed by atoms with van der Waals surface area (Å²) in [5.74, 6) is -0.439. The second kappa shape index (κ2) is 12.3. The summed E-state index contributed by atoms with van der Waals surface area (Å²) in [6.07, 6.45) is -0.193. The number of phenolic OH excluding ortho intramolecular Hbond substituents is 1. The Labute approximate surface area is 212 Å². The van der Waals surface area contributed by atoms with Crippen LogP contribution in [0.3, 0.4) is 0 Å². The van der Waals surface area contributed by atoms with E-state index in [-0.39, 0.29) is 17.9 Å². The summed E-state index contributed by atoms with van der Waals surface area (Å²) in [7, 11) is 1.55. The Bertz CT molecular complexity index is 1060. The van der Waals surface area contributed by atoms with E-state index < -0.39 is 35.6 Å². The van der Waals surface area contributed by atoms with Crippen LogP contribution in [0.25, 0.3) is 0 Å². The third-order valence-electron chi connectivity index (χ3n) is 5.33. The van der Waals surface area contributed by atoms with Gasteiger partial charge in [0.05, 0.1) is 7.11 Å². The van der Waals surface area contributed by atoms with Crippen LogP contribution in [0.1, 0.15) is 58.2 Å². The van der Waals surface area contributed by atoms with Gasteiger partial charge in [0.25, 0.3) is 5.91 Å². The number of para-hydroxylation sites is 1. The standard InChI is InChI=1S/C27H37N3O6/c1-8-16-30(25(33)18(3)28-26(34)36-27(4,5)6)22(21-11-9-10-17(2)23(21)31)24(32)29-19-12-14-20(35-7)15-13-19/h9-15,18,22,31H,8,16H2,1-7H3,(H,28,34)(H,29,32). The molecule has 0 radical (unpaired) electrons. The highest BCUT2D eigenvalue weighted by Crippen LogP contribution is 2.33. The SMILES string of the molecule is CCCN(C(=O)C(C)NC(=O)OC(C)(C)C)C(C(=O)Nc1ccc(OC)cc1)c1cccc(C)c1O. The highest BCUT2D eigenvalue weighted by atomic mass is 16.6. The third kappa shape index (κ3) is 7.63. The highest BCUT2D eigenvalue weighted by Gasteiger charge is 2.36. The maximum Gasteiger partial charge on any atom is 0.408 e. The Morgan fingerprint density at radius 3 is 2.28 bits per heavy atom. The van der Waals surface area contributed by atoms with E-state index in [1.54, 1.807) is 77.3 Å². The molecule has 2 aromatic rings. The largest absolute Gasteiger partial charge is 0.507 e. The Kier molecular flexibility index (Phi) is 9.72. The summed E-state index contributed by atoms with van der Waals surface area (Å²) in [5, 5.41) is 16.2. The van der Waals surface area contributed by atoms with Crippen LogP contribution in [0.15, 0.2) is 42.5 Å². The Balaban J connectivity index is 2.43. The number of hydrogen-bond acceptors (Lipinski definition) is 6. The van der Waals surface area contributed by atoms with Crippen molar-refractivity contribution in [3.05, 3.63) is 53.6 Å². The summed E-state index contributed by atoms with van der Waals surface area (Å²) >= 11 is 0. The fourth-order valence-corrected chi connectivity index (χ4v) is 3.64. The van der Waals surface area contributed by atoms with Crippen molar-refractivity contribution >= 4 is 23.6 Å². The molecular weight excluding hydrogens is 462 g/mol. The van der Waals surface area contributed by atoms with E-state index in [1.807, 2.05) is 6.92 Å². The number of alkyl carbamates (subject to hydrolysis) is 1. The van der Waals surface area contributed by atoms with Gasteiger partial charge < -0.3 is 30.1 Å². The first-order valence-electron chi connectivity index (χ1n) is 11.9. The summed E-state index contributed by atoms with van der Waals surface area (Å²) in [5.41, 5.74) is 0.622. The lowest BCUT2D eigenvalue weighted by Gasteiger charge is -2.34. The molecule has 0 aliphatic rings. The van der Waals surface area contributed by atoms with E-state index in [2.05, 4.69) is 10.6 Å². The van der Waals surface area contributed by atoms with Gasteiger partial charge in [0.15, 0.2) is 0 Å². The van der Waals surface area contributed by atoms with E-state index in [4.69, 9.17) is 9.47 Å². The van der Waals surface area contributed by atoms with Crippen LogP contribution < -0.4 is 15.4 Å². The minimum Gasteiger partial charge on any atom is -0.507 e. The van der Waals surface area contributed by atoms with Gasteiger partial charge in [-0.3, -0.25) is 9.59 Å². The van der Waals surface area contributed by atoms with E-state index in [0.29, 0.717) is 23.4 Å². The number of aryl methyl sites for hydroxylation is 1. The summed E-state index contributed by atoms with van der Waals surface area (Å²) in [6.45, 7) is 10.5. The molecule has 3 amide bonds. The van der Waals surface area contributed by atoms with Crippen molar-refractivity contribution in [1.82, 2.24) is 10.2 Å². The van der Waals surface area contributed by atoms with Gasteiger partial charge in [-0.25, -0.2) is 4.79 Å². The van der Waals surface area contributed by atoms with Crippen molar-refractivity contribution in [3.63, 3.8) is 0 Å². The molecule has 9 nitrogen and oxygen atoms in total. The molecular formula is C27H37N3O6. The second-order valence-electron chi connectivity index (χ2n) is 9.53. The predicted molar refractivity (Wildman–Crippen MR) is 138 cm³/mol. The van der Waals surface area contributed by atoms with Crippen LogP contribution in [0.5, 0.6) is 11.5 Å². The number of amides is 3. The third-order valence-corrected chi connectivity index (χ3v) is 5.33. The number of aromatic hydroxyl groups is 1.